The molecule has 0 aliphatic heterocycles. The van der Waals surface area contributed by atoms with Gasteiger partial charge in [-0.2, -0.15) is 0 Å². The van der Waals surface area contributed by atoms with E-state index in [9.17, 15) is 9.59 Å². The first-order valence-corrected chi connectivity index (χ1v) is 7.64. The van der Waals surface area contributed by atoms with Crippen LogP contribution >= 0.6 is 0 Å². The Kier molecular flexibility index (Phi) is 6.45. The molecule has 0 bridgehead atoms. The molecule has 1 fully saturated rings. The standard InChI is InChI=1S/C15H28N2O4/c1-11(13(19)20)15(2,3)10-16-14(21)17(8-9-18)7-6-12-4-5-12/h11-12,18H,4-10H2,1-3H3,(H,16,21)(H,19,20)/t11-/m1/s1. The van der Waals surface area contributed by atoms with Gasteiger partial charge < -0.3 is 20.4 Å². The number of hydrogen-bond donors (Lipinski definition) is 3. The van der Waals surface area contributed by atoms with Crippen LogP contribution in [0, 0.1) is 17.3 Å². The van der Waals surface area contributed by atoms with Crippen LogP contribution in [0.5, 0.6) is 0 Å². The second-order valence-corrected chi connectivity index (χ2v) is 6.65. The maximum atomic E-state index is 12.2. The molecule has 21 heavy (non-hydrogen) atoms. The molecule has 0 aromatic carbocycles. The van der Waals surface area contributed by atoms with E-state index >= 15 is 0 Å². The first-order chi connectivity index (χ1) is 9.77. The van der Waals surface area contributed by atoms with E-state index in [0.29, 0.717) is 19.6 Å². The number of carboxylic acid groups (broad SMARTS) is 1. The first kappa shape index (κ1) is 17.8. The highest BCUT2D eigenvalue weighted by atomic mass is 16.4. The number of aliphatic hydroxyl groups is 1. The summed E-state index contributed by atoms with van der Waals surface area (Å²) in [6.07, 6.45) is 3.44. The number of rotatable bonds is 9. The number of carbonyl (C=O) groups excluding carboxylic acids is 1. The van der Waals surface area contributed by atoms with Crippen molar-refractivity contribution in [2.75, 3.05) is 26.2 Å². The van der Waals surface area contributed by atoms with E-state index in [2.05, 4.69) is 5.32 Å². The summed E-state index contributed by atoms with van der Waals surface area (Å²) < 4.78 is 0. The van der Waals surface area contributed by atoms with Gasteiger partial charge in [0, 0.05) is 19.6 Å². The van der Waals surface area contributed by atoms with Gasteiger partial charge in [0.15, 0.2) is 0 Å². The third-order valence-corrected chi connectivity index (χ3v) is 4.40. The van der Waals surface area contributed by atoms with Gasteiger partial charge >= 0.3 is 12.0 Å². The fourth-order valence-corrected chi connectivity index (χ4v) is 2.08. The van der Waals surface area contributed by atoms with Crippen LogP contribution in [-0.4, -0.2) is 53.4 Å². The summed E-state index contributed by atoms with van der Waals surface area (Å²) in [5.74, 6) is -0.687. The summed E-state index contributed by atoms with van der Waals surface area (Å²) >= 11 is 0. The topological polar surface area (TPSA) is 89.9 Å². The van der Waals surface area contributed by atoms with Gasteiger partial charge in [-0.1, -0.05) is 33.6 Å². The number of urea groups is 1. The van der Waals surface area contributed by atoms with Crippen molar-refractivity contribution in [2.45, 2.75) is 40.0 Å². The SMILES string of the molecule is C[C@H](C(=O)O)C(C)(C)CNC(=O)N(CCO)CCC1CC1. The molecule has 0 unspecified atom stereocenters. The van der Waals surface area contributed by atoms with Crippen LogP contribution in [0.15, 0.2) is 0 Å². The Labute approximate surface area is 126 Å². The minimum Gasteiger partial charge on any atom is -0.481 e. The summed E-state index contributed by atoms with van der Waals surface area (Å²) in [6, 6.07) is -0.227. The third-order valence-electron chi connectivity index (χ3n) is 4.40. The van der Waals surface area contributed by atoms with Crippen molar-refractivity contribution in [3.63, 3.8) is 0 Å². The lowest BCUT2D eigenvalue weighted by molar-refractivity contribution is -0.144. The van der Waals surface area contributed by atoms with Gasteiger partial charge in [0.05, 0.1) is 12.5 Å². The number of hydrogen-bond acceptors (Lipinski definition) is 3. The van der Waals surface area contributed by atoms with Crippen LogP contribution in [0.4, 0.5) is 4.79 Å². The monoisotopic (exact) mass is 300 g/mol. The van der Waals surface area contributed by atoms with E-state index in [1.807, 2.05) is 13.8 Å². The van der Waals surface area contributed by atoms with Crippen molar-refractivity contribution < 1.29 is 19.8 Å². The van der Waals surface area contributed by atoms with E-state index in [4.69, 9.17) is 10.2 Å². The van der Waals surface area contributed by atoms with Gasteiger partial charge in [-0.3, -0.25) is 4.79 Å². The van der Waals surface area contributed by atoms with Gasteiger partial charge in [-0.15, -0.1) is 0 Å². The van der Waals surface area contributed by atoms with Crippen molar-refractivity contribution in [3.05, 3.63) is 0 Å². The number of nitrogens with one attached hydrogen (secondary N) is 1. The van der Waals surface area contributed by atoms with E-state index in [0.717, 1.165) is 12.3 Å². The number of amides is 2. The lowest BCUT2D eigenvalue weighted by Gasteiger charge is -2.31. The fraction of sp³-hybridized carbons (Fsp3) is 0.867. The maximum Gasteiger partial charge on any atom is 0.317 e. The molecule has 6 nitrogen and oxygen atoms in total. The highest BCUT2D eigenvalue weighted by Gasteiger charge is 2.32. The van der Waals surface area contributed by atoms with Gasteiger partial charge in [0.2, 0.25) is 0 Å². The van der Waals surface area contributed by atoms with Crippen molar-refractivity contribution in [1.29, 1.82) is 0 Å². The van der Waals surface area contributed by atoms with Crippen molar-refractivity contribution >= 4 is 12.0 Å². The molecule has 3 N–H and O–H groups in total. The largest absolute Gasteiger partial charge is 0.481 e. The molecule has 1 atom stereocenters. The Morgan fingerprint density at radius 1 is 1.33 bits per heavy atom. The molecule has 2 amide bonds. The zero-order chi connectivity index (χ0) is 16.0. The van der Waals surface area contributed by atoms with Crippen molar-refractivity contribution in [1.82, 2.24) is 10.2 Å². The highest BCUT2D eigenvalue weighted by molar-refractivity contribution is 5.74. The van der Waals surface area contributed by atoms with Crippen molar-refractivity contribution in [3.8, 4) is 0 Å². The molecule has 0 saturated heterocycles. The minimum atomic E-state index is -0.866. The van der Waals surface area contributed by atoms with Crippen molar-refractivity contribution in [2.24, 2.45) is 17.3 Å². The number of carbonyl (C=O) groups is 2. The van der Waals surface area contributed by atoms with E-state index in [1.54, 1.807) is 11.8 Å². The van der Waals surface area contributed by atoms with Gasteiger partial charge in [-0.25, -0.2) is 4.79 Å². The second-order valence-electron chi connectivity index (χ2n) is 6.65. The lowest BCUT2D eigenvalue weighted by atomic mass is 9.80. The van der Waals surface area contributed by atoms with Crippen LogP contribution in [0.2, 0.25) is 0 Å². The first-order valence-electron chi connectivity index (χ1n) is 7.64. The van der Waals surface area contributed by atoms with Gasteiger partial charge in [0.25, 0.3) is 0 Å². The summed E-state index contributed by atoms with van der Waals surface area (Å²) in [5.41, 5.74) is -0.525. The number of carboxylic acids is 1. The fourth-order valence-electron chi connectivity index (χ4n) is 2.08. The third kappa shape index (κ3) is 5.91. The molecule has 0 heterocycles. The molecule has 1 rings (SSSR count). The Morgan fingerprint density at radius 2 is 1.95 bits per heavy atom. The molecule has 1 aliphatic carbocycles. The Bertz CT molecular complexity index is 367. The van der Waals surface area contributed by atoms with E-state index in [1.165, 1.54) is 12.8 Å². The second kappa shape index (κ2) is 7.64. The minimum absolute atomic E-state index is 0.0625. The Hall–Kier alpha value is -1.30. The smallest absolute Gasteiger partial charge is 0.317 e. The van der Waals surface area contributed by atoms with Crippen LogP contribution in [0.1, 0.15) is 40.0 Å². The maximum absolute atomic E-state index is 12.2. The molecule has 0 spiro atoms. The molecular formula is C15H28N2O4. The van der Waals surface area contributed by atoms with Crippen LogP contribution in [0.3, 0.4) is 0 Å². The molecule has 122 valence electrons. The average Bonchev–Trinajstić information content (AvgIpc) is 3.24. The normalized spacial score (nSPS) is 16.4. The Balaban J connectivity index is 2.45. The molecule has 6 heteroatoms. The van der Waals surface area contributed by atoms with E-state index in [-0.39, 0.29) is 12.6 Å². The number of aliphatic carboxylic acids is 1. The quantitative estimate of drug-likeness (QED) is 0.602. The zero-order valence-electron chi connectivity index (χ0n) is 13.3. The molecule has 0 radical (unpaired) electrons. The van der Waals surface area contributed by atoms with Crippen LogP contribution in [0.25, 0.3) is 0 Å². The van der Waals surface area contributed by atoms with Gasteiger partial charge in [-0.05, 0) is 17.8 Å². The summed E-state index contributed by atoms with van der Waals surface area (Å²) in [4.78, 5) is 24.8. The molecule has 0 aromatic rings. The lowest BCUT2D eigenvalue weighted by Crippen LogP contribution is -2.47. The molecular weight excluding hydrogens is 272 g/mol. The Morgan fingerprint density at radius 3 is 2.43 bits per heavy atom. The summed E-state index contributed by atoms with van der Waals surface area (Å²) in [6.45, 7) is 6.49. The highest BCUT2D eigenvalue weighted by Crippen LogP contribution is 2.32. The predicted octanol–water partition coefficient (Wildman–Crippen LogP) is 1.54. The van der Waals surface area contributed by atoms with Crippen LogP contribution < -0.4 is 5.32 Å². The van der Waals surface area contributed by atoms with E-state index < -0.39 is 17.3 Å². The molecule has 1 saturated carbocycles. The van der Waals surface area contributed by atoms with Gasteiger partial charge in [0.1, 0.15) is 0 Å². The average molecular weight is 300 g/mol. The summed E-state index contributed by atoms with van der Waals surface area (Å²) in [7, 11) is 0. The number of nitrogens with zero attached hydrogens (tertiary/aromatic N) is 1. The predicted molar refractivity (Wildman–Crippen MR) is 80.0 cm³/mol. The molecule has 1 aliphatic rings. The summed E-state index contributed by atoms with van der Waals surface area (Å²) in [5, 5.41) is 20.9. The zero-order valence-corrected chi connectivity index (χ0v) is 13.3. The van der Waals surface area contributed by atoms with Crippen LogP contribution in [-0.2, 0) is 4.79 Å². The molecule has 0 aromatic heterocycles. The number of aliphatic hydroxyl groups excluding tert-OH is 1.